The molecular weight excluding hydrogens is 372 g/mol. The van der Waals surface area contributed by atoms with Gasteiger partial charge in [-0.25, -0.2) is 0 Å². The first-order valence-corrected chi connectivity index (χ1v) is 9.06. The first-order valence-electron chi connectivity index (χ1n) is 9.06. The minimum absolute atomic E-state index is 0.435. The number of methoxy groups -OCH3 is 4. The third-order valence-electron chi connectivity index (χ3n) is 5.15. The molecule has 3 aromatic rings. The van der Waals surface area contributed by atoms with Crippen molar-refractivity contribution in [3.8, 4) is 34.5 Å². The van der Waals surface area contributed by atoms with Gasteiger partial charge in [-0.15, -0.1) is 0 Å². The van der Waals surface area contributed by atoms with Crippen molar-refractivity contribution in [3.63, 3.8) is 0 Å². The summed E-state index contributed by atoms with van der Waals surface area (Å²) in [6.45, 7) is 0. The number of rotatable bonds is 5. The topological polar surface area (TPSA) is 66.4 Å². The Labute approximate surface area is 169 Å². The minimum atomic E-state index is -1.72. The van der Waals surface area contributed by atoms with Crippen LogP contribution in [0.2, 0.25) is 0 Å². The van der Waals surface area contributed by atoms with Crippen LogP contribution in [0.3, 0.4) is 0 Å². The molecule has 150 valence electrons. The lowest BCUT2D eigenvalue weighted by Crippen LogP contribution is -2.34. The van der Waals surface area contributed by atoms with Crippen molar-refractivity contribution in [1.29, 1.82) is 0 Å². The van der Waals surface area contributed by atoms with Gasteiger partial charge < -0.3 is 28.8 Å². The van der Waals surface area contributed by atoms with E-state index in [-0.39, 0.29) is 0 Å². The van der Waals surface area contributed by atoms with Crippen LogP contribution in [0.5, 0.6) is 34.5 Å². The predicted octanol–water partition coefficient (Wildman–Crippen LogP) is 4.11. The van der Waals surface area contributed by atoms with E-state index in [1.165, 1.54) is 0 Å². The normalized spacial score (nSPS) is 13.6. The van der Waals surface area contributed by atoms with Crippen LogP contribution in [0.1, 0.15) is 16.7 Å². The van der Waals surface area contributed by atoms with Gasteiger partial charge in [0.25, 0.3) is 0 Å². The highest BCUT2D eigenvalue weighted by Crippen LogP contribution is 2.59. The number of fused-ring (bicyclic) bond motifs is 2. The summed E-state index contributed by atoms with van der Waals surface area (Å²) >= 11 is 0. The molecule has 0 unspecified atom stereocenters. The lowest BCUT2D eigenvalue weighted by atomic mass is 9.76. The number of hydrogen-bond donors (Lipinski definition) is 1. The molecule has 0 saturated carbocycles. The van der Waals surface area contributed by atoms with Crippen molar-refractivity contribution in [2.45, 2.75) is 5.60 Å². The molecule has 0 radical (unpaired) electrons. The average Bonchev–Trinajstić information content (AvgIpc) is 2.77. The van der Waals surface area contributed by atoms with Gasteiger partial charge in [-0.2, -0.15) is 0 Å². The van der Waals surface area contributed by atoms with Gasteiger partial charge in [0.15, 0.2) is 5.60 Å². The second kappa shape index (κ2) is 7.22. The van der Waals surface area contributed by atoms with E-state index in [1.807, 2.05) is 12.1 Å². The largest absolute Gasteiger partial charge is 0.496 e. The lowest BCUT2D eigenvalue weighted by molar-refractivity contribution is 0.0990. The molecule has 0 aromatic heterocycles. The van der Waals surface area contributed by atoms with Crippen molar-refractivity contribution >= 4 is 0 Å². The molecule has 1 aliphatic heterocycles. The molecule has 0 fully saturated rings. The van der Waals surface area contributed by atoms with Crippen LogP contribution in [0.25, 0.3) is 0 Å². The molecule has 1 heterocycles. The summed E-state index contributed by atoms with van der Waals surface area (Å²) in [6.07, 6.45) is 0. The van der Waals surface area contributed by atoms with E-state index in [9.17, 15) is 5.11 Å². The van der Waals surface area contributed by atoms with Crippen LogP contribution >= 0.6 is 0 Å². The molecular formula is C23H22O6. The molecule has 29 heavy (non-hydrogen) atoms. The number of aliphatic hydroxyl groups is 1. The van der Waals surface area contributed by atoms with Crippen LogP contribution in [0.15, 0.2) is 54.6 Å². The number of hydrogen-bond acceptors (Lipinski definition) is 6. The Morgan fingerprint density at radius 2 is 0.931 bits per heavy atom. The fourth-order valence-electron chi connectivity index (χ4n) is 3.95. The van der Waals surface area contributed by atoms with E-state index >= 15 is 0 Å². The first-order chi connectivity index (χ1) is 14.1. The van der Waals surface area contributed by atoms with Gasteiger partial charge in [0, 0.05) is 0 Å². The summed E-state index contributed by atoms with van der Waals surface area (Å²) in [6, 6.07) is 16.1. The van der Waals surface area contributed by atoms with Gasteiger partial charge in [0.1, 0.15) is 34.5 Å². The fraction of sp³-hybridized carbons (Fsp3) is 0.217. The maximum atomic E-state index is 12.5. The van der Waals surface area contributed by atoms with Gasteiger partial charge in [-0.05, 0) is 36.4 Å². The Morgan fingerprint density at radius 3 is 1.31 bits per heavy atom. The van der Waals surface area contributed by atoms with E-state index in [1.54, 1.807) is 70.9 Å². The molecule has 4 rings (SSSR count). The Bertz CT molecular complexity index is 983. The van der Waals surface area contributed by atoms with Crippen molar-refractivity contribution < 1.29 is 28.8 Å². The zero-order chi connectivity index (χ0) is 20.6. The average molecular weight is 394 g/mol. The number of ether oxygens (including phenoxy) is 5. The third-order valence-corrected chi connectivity index (χ3v) is 5.15. The quantitative estimate of drug-likeness (QED) is 0.703. The maximum absolute atomic E-state index is 12.5. The predicted molar refractivity (Wildman–Crippen MR) is 108 cm³/mol. The molecule has 0 spiro atoms. The molecule has 1 N–H and O–H groups in total. The molecule has 1 aliphatic rings. The SMILES string of the molecule is COc1cccc(OC)c1C1(O)c2c(OC)cccc2Oc2cccc(OC)c21. The molecule has 0 bridgehead atoms. The minimum Gasteiger partial charge on any atom is -0.496 e. The molecule has 6 heteroatoms. The van der Waals surface area contributed by atoms with E-state index in [2.05, 4.69) is 0 Å². The number of benzene rings is 3. The molecule has 0 aliphatic carbocycles. The van der Waals surface area contributed by atoms with Crippen LogP contribution in [-0.2, 0) is 5.60 Å². The molecule has 0 saturated heterocycles. The van der Waals surface area contributed by atoms with E-state index in [0.29, 0.717) is 51.2 Å². The Morgan fingerprint density at radius 1 is 0.586 bits per heavy atom. The van der Waals surface area contributed by atoms with Crippen molar-refractivity contribution in [2.24, 2.45) is 0 Å². The highest BCUT2D eigenvalue weighted by molar-refractivity contribution is 5.71. The van der Waals surface area contributed by atoms with Gasteiger partial charge in [0.2, 0.25) is 0 Å². The van der Waals surface area contributed by atoms with Crippen molar-refractivity contribution in [1.82, 2.24) is 0 Å². The Hall–Kier alpha value is -3.38. The summed E-state index contributed by atoms with van der Waals surface area (Å²) in [4.78, 5) is 0. The zero-order valence-corrected chi connectivity index (χ0v) is 16.7. The lowest BCUT2D eigenvalue weighted by Gasteiger charge is -2.39. The summed E-state index contributed by atoms with van der Waals surface area (Å²) in [7, 11) is 6.20. The Kier molecular flexibility index (Phi) is 4.72. The van der Waals surface area contributed by atoms with Gasteiger partial charge in [0.05, 0.1) is 45.1 Å². The zero-order valence-electron chi connectivity index (χ0n) is 16.7. The molecule has 0 atom stereocenters. The maximum Gasteiger partial charge on any atom is 0.162 e. The highest BCUT2D eigenvalue weighted by Gasteiger charge is 2.50. The van der Waals surface area contributed by atoms with Crippen LogP contribution in [-0.4, -0.2) is 33.5 Å². The first kappa shape index (κ1) is 19.0. The molecule has 0 amide bonds. The highest BCUT2D eigenvalue weighted by atomic mass is 16.5. The third kappa shape index (κ3) is 2.68. The summed E-state index contributed by atoms with van der Waals surface area (Å²) < 4.78 is 28.6. The summed E-state index contributed by atoms with van der Waals surface area (Å²) in [5.41, 5.74) is -0.394. The van der Waals surface area contributed by atoms with E-state index in [4.69, 9.17) is 23.7 Å². The monoisotopic (exact) mass is 394 g/mol. The second-order valence-electron chi connectivity index (χ2n) is 6.52. The van der Waals surface area contributed by atoms with Gasteiger partial charge >= 0.3 is 0 Å². The molecule has 6 nitrogen and oxygen atoms in total. The van der Waals surface area contributed by atoms with E-state index < -0.39 is 5.60 Å². The Balaban J connectivity index is 2.19. The van der Waals surface area contributed by atoms with Gasteiger partial charge in [-0.1, -0.05) is 18.2 Å². The fourth-order valence-corrected chi connectivity index (χ4v) is 3.95. The van der Waals surface area contributed by atoms with Crippen molar-refractivity contribution in [2.75, 3.05) is 28.4 Å². The smallest absolute Gasteiger partial charge is 0.162 e. The second-order valence-corrected chi connectivity index (χ2v) is 6.52. The summed E-state index contributed by atoms with van der Waals surface area (Å²) in [5.74, 6) is 2.80. The van der Waals surface area contributed by atoms with Gasteiger partial charge in [-0.3, -0.25) is 0 Å². The van der Waals surface area contributed by atoms with Crippen molar-refractivity contribution in [3.05, 3.63) is 71.3 Å². The van der Waals surface area contributed by atoms with Crippen LogP contribution < -0.4 is 23.7 Å². The summed E-state index contributed by atoms with van der Waals surface area (Å²) in [5, 5.41) is 12.5. The van der Waals surface area contributed by atoms with E-state index in [0.717, 1.165) is 0 Å². The van der Waals surface area contributed by atoms with Crippen LogP contribution in [0.4, 0.5) is 0 Å². The van der Waals surface area contributed by atoms with Crippen LogP contribution in [0, 0.1) is 0 Å². The molecule has 3 aromatic carbocycles. The standard InChI is InChI=1S/C23H22O6/c1-25-14-8-5-9-15(26-2)20(14)23(24)21-16(27-3)10-6-12-18(21)29-19-13-7-11-17(28-4)22(19)23/h5-13,24H,1-4H3.